The molecule has 140 valence electrons. The Morgan fingerprint density at radius 2 is 2.08 bits per heavy atom. The lowest BCUT2D eigenvalue weighted by Gasteiger charge is -2.30. The number of benzene rings is 1. The number of aryl methyl sites for hydroxylation is 1. The number of fused-ring (bicyclic) bond motifs is 1. The van der Waals surface area contributed by atoms with E-state index < -0.39 is 5.60 Å². The number of ether oxygens (including phenoxy) is 1. The lowest BCUT2D eigenvalue weighted by atomic mass is 9.87. The second-order valence-corrected chi connectivity index (χ2v) is 8.23. The number of carbonyl (C=O) groups excluding carboxylic acids is 1. The first kappa shape index (κ1) is 19.6. The van der Waals surface area contributed by atoms with Gasteiger partial charge < -0.3 is 20.5 Å². The van der Waals surface area contributed by atoms with E-state index in [0.29, 0.717) is 18.2 Å². The van der Waals surface area contributed by atoms with E-state index in [1.165, 1.54) is 11.1 Å². The van der Waals surface area contributed by atoms with Crippen LogP contribution in [0, 0.1) is 5.92 Å². The van der Waals surface area contributed by atoms with E-state index in [1.54, 1.807) is 6.07 Å². The van der Waals surface area contributed by atoms with Crippen LogP contribution in [0.1, 0.15) is 64.6 Å². The molecule has 1 aromatic carbocycles. The van der Waals surface area contributed by atoms with E-state index >= 15 is 0 Å². The maximum Gasteiger partial charge on any atom is 0.407 e. The van der Waals surface area contributed by atoms with Crippen LogP contribution in [0.25, 0.3) is 0 Å². The molecule has 0 radical (unpaired) electrons. The predicted molar refractivity (Wildman–Crippen MR) is 99.8 cm³/mol. The summed E-state index contributed by atoms with van der Waals surface area (Å²) in [4.78, 5) is 12.1. The fraction of sp³-hybridized carbons (Fsp3) is 0.650. The minimum absolute atomic E-state index is 0.00246. The first-order valence-corrected chi connectivity index (χ1v) is 9.20. The van der Waals surface area contributed by atoms with Gasteiger partial charge in [0, 0.05) is 18.6 Å². The van der Waals surface area contributed by atoms with Crippen molar-refractivity contribution in [1.82, 2.24) is 10.6 Å². The van der Waals surface area contributed by atoms with Gasteiger partial charge >= 0.3 is 6.09 Å². The van der Waals surface area contributed by atoms with Crippen LogP contribution in [-0.4, -0.2) is 29.4 Å². The number of aromatic hydroxyl groups is 1. The SMILES string of the molecule is CC(C)C(CNC1CCCc2cc(O)ccc21)NC(=O)OC(C)(C)C. The van der Waals surface area contributed by atoms with Crippen molar-refractivity contribution < 1.29 is 14.6 Å². The third-order valence-electron chi connectivity index (χ3n) is 4.53. The van der Waals surface area contributed by atoms with Crippen LogP contribution in [0.4, 0.5) is 4.79 Å². The summed E-state index contributed by atoms with van der Waals surface area (Å²) < 4.78 is 5.37. The lowest BCUT2D eigenvalue weighted by molar-refractivity contribution is 0.0489. The van der Waals surface area contributed by atoms with Gasteiger partial charge in [0.05, 0.1) is 0 Å². The van der Waals surface area contributed by atoms with Gasteiger partial charge in [-0.3, -0.25) is 0 Å². The quantitative estimate of drug-likeness (QED) is 0.754. The Morgan fingerprint density at radius 3 is 2.72 bits per heavy atom. The van der Waals surface area contributed by atoms with Crippen molar-refractivity contribution in [2.45, 2.75) is 71.6 Å². The van der Waals surface area contributed by atoms with E-state index in [1.807, 2.05) is 32.9 Å². The molecule has 0 saturated carbocycles. The normalized spacial score (nSPS) is 18.6. The molecule has 0 fully saturated rings. The van der Waals surface area contributed by atoms with Crippen molar-refractivity contribution in [3.8, 4) is 5.75 Å². The molecule has 3 N–H and O–H groups in total. The van der Waals surface area contributed by atoms with Gasteiger partial charge in [-0.05, 0) is 69.2 Å². The van der Waals surface area contributed by atoms with E-state index in [-0.39, 0.29) is 18.2 Å². The summed E-state index contributed by atoms with van der Waals surface area (Å²) in [5.41, 5.74) is 1.97. The molecule has 5 heteroatoms. The Balaban J connectivity index is 1.97. The monoisotopic (exact) mass is 348 g/mol. The topological polar surface area (TPSA) is 70.6 Å². The number of alkyl carbamates (subject to hydrolysis) is 1. The number of nitrogens with one attached hydrogen (secondary N) is 2. The largest absolute Gasteiger partial charge is 0.508 e. The molecule has 0 spiro atoms. The molecule has 25 heavy (non-hydrogen) atoms. The molecule has 5 nitrogen and oxygen atoms in total. The molecule has 0 aliphatic heterocycles. The Morgan fingerprint density at radius 1 is 1.36 bits per heavy atom. The minimum Gasteiger partial charge on any atom is -0.508 e. The summed E-state index contributed by atoms with van der Waals surface area (Å²) in [5.74, 6) is 0.619. The summed E-state index contributed by atoms with van der Waals surface area (Å²) >= 11 is 0. The molecular weight excluding hydrogens is 316 g/mol. The smallest absolute Gasteiger partial charge is 0.407 e. The number of carbonyl (C=O) groups is 1. The van der Waals surface area contributed by atoms with Crippen molar-refractivity contribution in [3.05, 3.63) is 29.3 Å². The zero-order chi connectivity index (χ0) is 18.6. The number of rotatable bonds is 5. The number of amides is 1. The second kappa shape index (κ2) is 8.09. The Hall–Kier alpha value is -1.75. The molecule has 2 rings (SSSR count). The van der Waals surface area contributed by atoms with Crippen molar-refractivity contribution in [3.63, 3.8) is 0 Å². The Labute approximate surface area is 151 Å². The highest BCUT2D eigenvalue weighted by Gasteiger charge is 2.24. The fourth-order valence-corrected chi connectivity index (χ4v) is 3.19. The highest BCUT2D eigenvalue weighted by atomic mass is 16.6. The number of hydrogen-bond acceptors (Lipinski definition) is 4. The molecule has 1 aromatic rings. The van der Waals surface area contributed by atoms with Crippen LogP contribution < -0.4 is 10.6 Å². The van der Waals surface area contributed by atoms with Gasteiger partial charge in [-0.25, -0.2) is 4.79 Å². The highest BCUT2D eigenvalue weighted by molar-refractivity contribution is 5.68. The Bertz CT molecular complexity index is 593. The summed E-state index contributed by atoms with van der Waals surface area (Å²) in [6, 6.07) is 5.87. The van der Waals surface area contributed by atoms with E-state index in [4.69, 9.17) is 4.74 Å². The lowest BCUT2D eigenvalue weighted by Crippen LogP contribution is -2.47. The van der Waals surface area contributed by atoms with Gasteiger partial charge in [-0.15, -0.1) is 0 Å². The van der Waals surface area contributed by atoms with Crippen LogP contribution in [0.15, 0.2) is 18.2 Å². The maximum atomic E-state index is 12.1. The molecule has 0 aromatic heterocycles. The highest BCUT2D eigenvalue weighted by Crippen LogP contribution is 2.31. The molecule has 0 heterocycles. The third-order valence-corrected chi connectivity index (χ3v) is 4.53. The molecule has 2 atom stereocenters. The Kier molecular flexibility index (Phi) is 6.33. The van der Waals surface area contributed by atoms with E-state index in [2.05, 4.69) is 24.5 Å². The van der Waals surface area contributed by atoms with Crippen molar-refractivity contribution >= 4 is 6.09 Å². The molecule has 1 aliphatic carbocycles. The number of phenols is 1. The van der Waals surface area contributed by atoms with Crippen LogP contribution >= 0.6 is 0 Å². The molecular formula is C20H32N2O3. The van der Waals surface area contributed by atoms with Gasteiger partial charge in [0.25, 0.3) is 0 Å². The van der Waals surface area contributed by atoms with Gasteiger partial charge in [-0.1, -0.05) is 19.9 Å². The average Bonchev–Trinajstić information content (AvgIpc) is 2.48. The third kappa shape index (κ3) is 5.92. The number of phenolic OH excluding ortho intramolecular Hbond substituents is 1. The predicted octanol–water partition coefficient (Wildman–Crippen LogP) is 3.91. The van der Waals surface area contributed by atoms with Gasteiger partial charge in [0.1, 0.15) is 11.4 Å². The molecule has 2 unspecified atom stereocenters. The average molecular weight is 348 g/mol. The number of hydrogen-bond donors (Lipinski definition) is 3. The van der Waals surface area contributed by atoms with Gasteiger partial charge in [-0.2, -0.15) is 0 Å². The van der Waals surface area contributed by atoms with Crippen LogP contribution in [0.2, 0.25) is 0 Å². The fourth-order valence-electron chi connectivity index (χ4n) is 3.19. The summed E-state index contributed by atoms with van der Waals surface area (Å²) in [6.45, 7) is 10.5. The van der Waals surface area contributed by atoms with E-state index in [0.717, 1.165) is 19.3 Å². The van der Waals surface area contributed by atoms with Crippen LogP contribution in [0.5, 0.6) is 5.75 Å². The first-order valence-electron chi connectivity index (χ1n) is 9.20. The molecule has 0 saturated heterocycles. The van der Waals surface area contributed by atoms with Gasteiger partial charge in [0.2, 0.25) is 0 Å². The summed E-state index contributed by atoms with van der Waals surface area (Å²) in [7, 11) is 0. The molecule has 1 amide bonds. The minimum atomic E-state index is -0.497. The van der Waals surface area contributed by atoms with Crippen molar-refractivity contribution in [1.29, 1.82) is 0 Å². The molecule has 1 aliphatic rings. The van der Waals surface area contributed by atoms with Crippen LogP contribution in [-0.2, 0) is 11.2 Å². The second-order valence-electron chi connectivity index (χ2n) is 8.23. The zero-order valence-electron chi connectivity index (χ0n) is 16.1. The van der Waals surface area contributed by atoms with Crippen molar-refractivity contribution in [2.75, 3.05) is 6.54 Å². The summed E-state index contributed by atoms with van der Waals surface area (Å²) in [5, 5.41) is 16.3. The standard InChI is InChI=1S/C20H32N2O3/c1-13(2)18(22-19(24)25-20(3,4)5)12-21-17-8-6-7-14-11-15(23)9-10-16(14)17/h9-11,13,17-18,21,23H,6-8,12H2,1-5H3,(H,22,24). The zero-order valence-corrected chi connectivity index (χ0v) is 16.1. The van der Waals surface area contributed by atoms with E-state index in [9.17, 15) is 9.90 Å². The van der Waals surface area contributed by atoms with Gasteiger partial charge in [0.15, 0.2) is 0 Å². The first-order chi connectivity index (χ1) is 11.7. The maximum absolute atomic E-state index is 12.1. The molecule has 0 bridgehead atoms. The summed E-state index contributed by atoms with van der Waals surface area (Å²) in [6.07, 6.45) is 2.79. The van der Waals surface area contributed by atoms with Crippen molar-refractivity contribution in [2.24, 2.45) is 5.92 Å². The van der Waals surface area contributed by atoms with Crippen LogP contribution in [0.3, 0.4) is 0 Å².